The molecule has 0 radical (unpaired) electrons. The Labute approximate surface area is 117 Å². The van der Waals surface area contributed by atoms with E-state index >= 15 is 0 Å². The highest BCUT2D eigenvalue weighted by atomic mass is 32.2. The topological polar surface area (TPSA) is 105 Å². The SMILES string of the molecule is CCCNC(=O)N1CCC[C@H]1c1nnc(S(C)(=O)=O)o1. The van der Waals surface area contributed by atoms with Crippen molar-refractivity contribution in [1.82, 2.24) is 20.4 Å². The van der Waals surface area contributed by atoms with Crippen LogP contribution in [0.3, 0.4) is 0 Å². The molecule has 1 N–H and O–H groups in total. The average molecular weight is 302 g/mol. The van der Waals surface area contributed by atoms with Crippen LogP contribution in [0.4, 0.5) is 4.79 Å². The van der Waals surface area contributed by atoms with Gasteiger partial charge in [-0.3, -0.25) is 0 Å². The molecule has 0 bridgehead atoms. The summed E-state index contributed by atoms with van der Waals surface area (Å²) >= 11 is 0. The van der Waals surface area contributed by atoms with Crippen molar-refractivity contribution in [2.75, 3.05) is 19.3 Å². The Morgan fingerprint density at radius 3 is 2.85 bits per heavy atom. The first-order chi connectivity index (χ1) is 9.43. The van der Waals surface area contributed by atoms with Crippen LogP contribution in [0.2, 0.25) is 0 Å². The second-order valence-corrected chi connectivity index (χ2v) is 6.66. The number of rotatable bonds is 4. The van der Waals surface area contributed by atoms with Gasteiger partial charge in [-0.25, -0.2) is 13.2 Å². The largest absolute Gasteiger partial charge is 0.410 e. The van der Waals surface area contributed by atoms with Gasteiger partial charge in [-0.05, 0) is 19.3 Å². The number of urea groups is 1. The summed E-state index contributed by atoms with van der Waals surface area (Å²) in [5.41, 5.74) is 0. The molecule has 1 aliphatic heterocycles. The lowest BCUT2D eigenvalue weighted by Gasteiger charge is -2.22. The maximum atomic E-state index is 12.0. The number of carbonyl (C=O) groups excluding carboxylic acids is 1. The second kappa shape index (κ2) is 5.78. The Morgan fingerprint density at radius 2 is 2.25 bits per heavy atom. The van der Waals surface area contributed by atoms with Crippen LogP contribution in [-0.2, 0) is 9.84 Å². The summed E-state index contributed by atoms with van der Waals surface area (Å²) in [5.74, 6) is 0.176. The van der Waals surface area contributed by atoms with Gasteiger partial charge in [0.25, 0.3) is 0 Å². The van der Waals surface area contributed by atoms with Gasteiger partial charge in [0.2, 0.25) is 15.7 Å². The standard InChI is InChI=1S/C11H18N4O4S/c1-3-6-12-10(16)15-7-4-5-8(15)9-13-14-11(19-9)20(2,17)18/h8H,3-7H2,1-2H3,(H,12,16)/t8-/m0/s1. The minimum absolute atomic E-state index is 0.176. The molecule has 0 aromatic carbocycles. The van der Waals surface area contributed by atoms with Crippen molar-refractivity contribution in [3.05, 3.63) is 5.89 Å². The van der Waals surface area contributed by atoms with Crippen molar-refractivity contribution < 1.29 is 17.6 Å². The average Bonchev–Trinajstić information content (AvgIpc) is 3.02. The van der Waals surface area contributed by atoms with Crippen LogP contribution < -0.4 is 5.32 Å². The number of carbonyl (C=O) groups is 1. The number of amides is 2. The van der Waals surface area contributed by atoms with E-state index in [9.17, 15) is 13.2 Å². The first kappa shape index (κ1) is 14.8. The molecule has 1 aromatic heterocycles. The van der Waals surface area contributed by atoms with Crippen molar-refractivity contribution in [1.29, 1.82) is 0 Å². The fourth-order valence-electron chi connectivity index (χ4n) is 2.10. The molecule has 1 fully saturated rings. The van der Waals surface area contributed by atoms with E-state index in [4.69, 9.17) is 4.42 Å². The summed E-state index contributed by atoms with van der Waals surface area (Å²) in [5, 5.41) is 9.67. The first-order valence-electron chi connectivity index (χ1n) is 6.51. The molecule has 1 aromatic rings. The van der Waals surface area contributed by atoms with E-state index in [0.29, 0.717) is 19.5 Å². The molecule has 20 heavy (non-hydrogen) atoms. The van der Waals surface area contributed by atoms with Crippen molar-refractivity contribution in [2.24, 2.45) is 0 Å². The van der Waals surface area contributed by atoms with Crippen LogP contribution in [0.15, 0.2) is 9.64 Å². The van der Waals surface area contributed by atoms with E-state index in [0.717, 1.165) is 19.1 Å². The van der Waals surface area contributed by atoms with E-state index in [1.165, 1.54) is 0 Å². The van der Waals surface area contributed by atoms with Gasteiger partial charge in [-0.15, -0.1) is 5.10 Å². The lowest BCUT2D eigenvalue weighted by molar-refractivity contribution is 0.182. The van der Waals surface area contributed by atoms with E-state index in [1.807, 2.05) is 6.92 Å². The van der Waals surface area contributed by atoms with Crippen LogP contribution >= 0.6 is 0 Å². The quantitative estimate of drug-likeness (QED) is 0.879. The minimum Gasteiger partial charge on any atom is -0.410 e. The van der Waals surface area contributed by atoms with Gasteiger partial charge in [-0.2, -0.15) is 0 Å². The third kappa shape index (κ3) is 3.09. The number of nitrogens with zero attached hydrogens (tertiary/aromatic N) is 3. The maximum absolute atomic E-state index is 12.0. The Bertz CT molecular complexity index is 583. The molecule has 112 valence electrons. The smallest absolute Gasteiger partial charge is 0.335 e. The Balaban J connectivity index is 2.15. The highest BCUT2D eigenvalue weighted by molar-refractivity contribution is 7.90. The van der Waals surface area contributed by atoms with Gasteiger partial charge in [0.1, 0.15) is 6.04 Å². The Morgan fingerprint density at radius 1 is 1.50 bits per heavy atom. The Kier molecular flexibility index (Phi) is 4.26. The fraction of sp³-hybridized carbons (Fsp3) is 0.727. The predicted molar refractivity (Wildman–Crippen MR) is 69.8 cm³/mol. The van der Waals surface area contributed by atoms with Crippen molar-refractivity contribution in [3.8, 4) is 0 Å². The molecule has 8 nitrogen and oxygen atoms in total. The second-order valence-electron chi connectivity index (χ2n) is 4.76. The van der Waals surface area contributed by atoms with E-state index in [1.54, 1.807) is 4.90 Å². The molecular formula is C11H18N4O4S. The molecule has 2 amide bonds. The van der Waals surface area contributed by atoms with Gasteiger partial charge in [-0.1, -0.05) is 12.0 Å². The summed E-state index contributed by atoms with van der Waals surface area (Å²) in [7, 11) is -3.52. The maximum Gasteiger partial charge on any atom is 0.335 e. The summed E-state index contributed by atoms with van der Waals surface area (Å²) in [6.45, 7) is 3.16. The molecule has 0 saturated carbocycles. The lowest BCUT2D eigenvalue weighted by atomic mass is 10.2. The highest BCUT2D eigenvalue weighted by Gasteiger charge is 2.34. The third-order valence-corrected chi connectivity index (χ3v) is 3.86. The predicted octanol–water partition coefficient (Wildman–Crippen LogP) is 0.730. The third-order valence-electron chi connectivity index (χ3n) is 3.06. The van der Waals surface area contributed by atoms with E-state index in [2.05, 4.69) is 15.5 Å². The summed E-state index contributed by atoms with van der Waals surface area (Å²) < 4.78 is 27.8. The monoisotopic (exact) mass is 302 g/mol. The number of nitrogens with one attached hydrogen (secondary N) is 1. The van der Waals surface area contributed by atoms with Crippen LogP contribution in [0.25, 0.3) is 0 Å². The summed E-state index contributed by atoms with van der Waals surface area (Å²) in [6.07, 6.45) is 3.36. The van der Waals surface area contributed by atoms with E-state index < -0.39 is 15.1 Å². The number of hydrogen-bond donors (Lipinski definition) is 1. The molecule has 0 aliphatic carbocycles. The summed E-state index contributed by atoms with van der Waals surface area (Å²) in [6, 6.07) is -0.539. The van der Waals surface area contributed by atoms with Crippen LogP contribution in [-0.4, -0.2) is 48.9 Å². The summed E-state index contributed by atoms with van der Waals surface area (Å²) in [4.78, 5) is 13.6. The zero-order valence-electron chi connectivity index (χ0n) is 11.5. The molecule has 1 aliphatic rings. The van der Waals surface area contributed by atoms with Crippen molar-refractivity contribution in [2.45, 2.75) is 37.5 Å². The zero-order chi connectivity index (χ0) is 14.8. The molecule has 2 rings (SSSR count). The minimum atomic E-state index is -3.52. The molecule has 1 saturated heterocycles. The molecule has 0 unspecified atom stereocenters. The molecule has 1 atom stereocenters. The van der Waals surface area contributed by atoms with Crippen LogP contribution in [0.1, 0.15) is 38.1 Å². The van der Waals surface area contributed by atoms with E-state index in [-0.39, 0.29) is 18.0 Å². The van der Waals surface area contributed by atoms with Gasteiger partial charge in [0.15, 0.2) is 0 Å². The van der Waals surface area contributed by atoms with Crippen molar-refractivity contribution >= 4 is 15.9 Å². The molecule has 0 spiro atoms. The fourth-order valence-corrected chi connectivity index (χ4v) is 2.53. The molecular weight excluding hydrogens is 284 g/mol. The highest BCUT2D eigenvalue weighted by Crippen LogP contribution is 2.31. The van der Waals surface area contributed by atoms with Crippen molar-refractivity contribution in [3.63, 3.8) is 0 Å². The number of hydrogen-bond acceptors (Lipinski definition) is 6. The van der Waals surface area contributed by atoms with Gasteiger partial charge < -0.3 is 14.6 Å². The van der Waals surface area contributed by atoms with Gasteiger partial charge in [0, 0.05) is 19.3 Å². The first-order valence-corrected chi connectivity index (χ1v) is 8.40. The van der Waals surface area contributed by atoms with Crippen LogP contribution in [0, 0.1) is 0 Å². The number of sulfone groups is 1. The zero-order valence-corrected chi connectivity index (χ0v) is 12.3. The molecule has 9 heteroatoms. The van der Waals surface area contributed by atoms with Crippen LogP contribution in [0.5, 0.6) is 0 Å². The lowest BCUT2D eigenvalue weighted by Crippen LogP contribution is -2.39. The number of aromatic nitrogens is 2. The molecule has 2 heterocycles. The Hall–Kier alpha value is -1.64. The van der Waals surface area contributed by atoms with Gasteiger partial charge in [0.05, 0.1) is 0 Å². The normalized spacial score (nSPS) is 19.3. The number of likely N-dealkylation sites (tertiary alicyclic amines) is 1. The van der Waals surface area contributed by atoms with Gasteiger partial charge >= 0.3 is 11.3 Å².